The van der Waals surface area contributed by atoms with Gasteiger partial charge in [0.15, 0.2) is 0 Å². The van der Waals surface area contributed by atoms with Crippen LogP contribution in [0.3, 0.4) is 0 Å². The van der Waals surface area contributed by atoms with Gasteiger partial charge in [0.1, 0.15) is 6.54 Å². The minimum absolute atomic E-state index is 0.0278. The Bertz CT molecular complexity index is 703. The molecule has 0 radical (unpaired) electrons. The average Bonchev–Trinajstić information content (AvgIpc) is 2.64. The lowest BCUT2D eigenvalue weighted by molar-refractivity contribution is -0.138. The van der Waals surface area contributed by atoms with E-state index in [1.807, 2.05) is 36.4 Å². The molecule has 6 heteroatoms. The third-order valence-electron chi connectivity index (χ3n) is 3.30. The number of carbonyl (C=O) groups excluding carboxylic acids is 2. The highest BCUT2D eigenvalue weighted by Crippen LogP contribution is 2.33. The molecule has 0 saturated carbocycles. The van der Waals surface area contributed by atoms with Crippen molar-refractivity contribution in [3.05, 3.63) is 59.7 Å². The first-order valence-corrected chi connectivity index (χ1v) is 8.33. The van der Waals surface area contributed by atoms with Crippen LogP contribution in [0.15, 0.2) is 53.4 Å². The fourth-order valence-electron chi connectivity index (χ4n) is 2.07. The van der Waals surface area contributed by atoms with Gasteiger partial charge in [-0.1, -0.05) is 36.4 Å². The number of hydrogen-bond acceptors (Lipinski definition) is 6. The number of methoxy groups -OCH3 is 2. The predicted molar refractivity (Wildman–Crippen MR) is 94.3 cm³/mol. The highest BCUT2D eigenvalue weighted by molar-refractivity contribution is 7.98. The van der Waals surface area contributed by atoms with E-state index in [0.717, 1.165) is 10.5 Å². The Kier molecular flexibility index (Phi) is 6.69. The number of nitrogens with one attached hydrogen (secondary N) is 1. The summed E-state index contributed by atoms with van der Waals surface area (Å²) in [7, 11) is 2.68. The summed E-state index contributed by atoms with van der Waals surface area (Å²) in [6.07, 6.45) is 0. The molecule has 24 heavy (non-hydrogen) atoms. The third-order valence-corrected chi connectivity index (χ3v) is 4.50. The fraction of sp³-hybridized carbons (Fsp3) is 0.222. The maximum atomic E-state index is 12.0. The number of hydrogen-bond donors (Lipinski definition) is 1. The first-order valence-electron chi connectivity index (χ1n) is 7.34. The Hall–Kier alpha value is -2.47. The number of benzene rings is 2. The minimum atomic E-state index is -0.410. The van der Waals surface area contributed by atoms with Crippen molar-refractivity contribution in [3.63, 3.8) is 0 Å². The van der Waals surface area contributed by atoms with E-state index in [-0.39, 0.29) is 12.5 Å². The van der Waals surface area contributed by atoms with Gasteiger partial charge < -0.3 is 14.8 Å². The van der Waals surface area contributed by atoms with Gasteiger partial charge in [0.2, 0.25) is 0 Å². The van der Waals surface area contributed by atoms with E-state index >= 15 is 0 Å². The van der Waals surface area contributed by atoms with E-state index in [1.165, 1.54) is 26.0 Å². The van der Waals surface area contributed by atoms with E-state index in [2.05, 4.69) is 10.1 Å². The zero-order valence-electron chi connectivity index (χ0n) is 13.6. The van der Waals surface area contributed by atoms with Crippen LogP contribution in [0.2, 0.25) is 0 Å². The van der Waals surface area contributed by atoms with Gasteiger partial charge >= 0.3 is 11.9 Å². The highest BCUT2D eigenvalue weighted by Gasteiger charge is 2.16. The number of ether oxygens (including phenoxy) is 2. The van der Waals surface area contributed by atoms with Gasteiger partial charge in [0, 0.05) is 16.3 Å². The third kappa shape index (κ3) is 4.76. The molecule has 0 aliphatic rings. The molecule has 2 aromatic carbocycles. The van der Waals surface area contributed by atoms with Crippen molar-refractivity contribution >= 4 is 29.4 Å². The van der Waals surface area contributed by atoms with Crippen molar-refractivity contribution in [2.75, 3.05) is 26.1 Å². The normalized spacial score (nSPS) is 10.1. The molecule has 0 amide bonds. The monoisotopic (exact) mass is 345 g/mol. The molecule has 0 spiro atoms. The van der Waals surface area contributed by atoms with Crippen molar-refractivity contribution in [3.8, 4) is 0 Å². The Morgan fingerprint density at radius 2 is 1.75 bits per heavy atom. The van der Waals surface area contributed by atoms with Crippen molar-refractivity contribution in [2.45, 2.75) is 10.6 Å². The largest absolute Gasteiger partial charge is 0.468 e. The molecule has 0 bridgehead atoms. The second-order valence-corrected chi connectivity index (χ2v) is 5.86. The molecule has 0 aliphatic heterocycles. The summed E-state index contributed by atoms with van der Waals surface area (Å²) in [6, 6.07) is 15.2. The van der Waals surface area contributed by atoms with Crippen LogP contribution in [0, 0.1) is 0 Å². The van der Waals surface area contributed by atoms with E-state index in [9.17, 15) is 9.59 Å². The molecule has 0 aliphatic carbocycles. The van der Waals surface area contributed by atoms with Crippen molar-refractivity contribution in [2.24, 2.45) is 0 Å². The summed E-state index contributed by atoms with van der Waals surface area (Å²) in [6.45, 7) is 0.0278. The number of thioether (sulfide) groups is 1. The lowest BCUT2D eigenvalue weighted by Crippen LogP contribution is -2.16. The predicted octanol–water partition coefficient (Wildman–Crippen LogP) is 3.35. The Morgan fingerprint density at radius 3 is 2.42 bits per heavy atom. The number of esters is 2. The molecule has 5 nitrogen and oxygen atoms in total. The van der Waals surface area contributed by atoms with Crippen LogP contribution in [0.5, 0.6) is 0 Å². The topological polar surface area (TPSA) is 64.6 Å². The van der Waals surface area contributed by atoms with Crippen molar-refractivity contribution < 1.29 is 19.1 Å². The summed E-state index contributed by atoms with van der Waals surface area (Å²) < 4.78 is 9.50. The van der Waals surface area contributed by atoms with Gasteiger partial charge in [-0.3, -0.25) is 4.79 Å². The van der Waals surface area contributed by atoms with Crippen LogP contribution < -0.4 is 5.32 Å². The quantitative estimate of drug-likeness (QED) is 0.613. The SMILES string of the molecule is COC(=O)CNc1cccc(C(=O)OC)c1SCc1ccccc1. The van der Waals surface area contributed by atoms with Crippen LogP contribution in [0.4, 0.5) is 5.69 Å². The average molecular weight is 345 g/mol. The molecule has 2 aromatic rings. The standard InChI is InChI=1S/C18H19NO4S/c1-22-16(20)11-19-15-10-6-9-14(18(21)23-2)17(15)24-12-13-7-4-3-5-8-13/h3-10,19H,11-12H2,1-2H3. The van der Waals surface area contributed by atoms with Gasteiger partial charge in [0.25, 0.3) is 0 Å². The molecule has 0 fully saturated rings. The Labute approximate surface area is 145 Å². The van der Waals surface area contributed by atoms with Gasteiger partial charge in [-0.15, -0.1) is 11.8 Å². The number of anilines is 1. The highest BCUT2D eigenvalue weighted by atomic mass is 32.2. The molecular weight excluding hydrogens is 326 g/mol. The van der Waals surface area contributed by atoms with Gasteiger partial charge in [-0.25, -0.2) is 4.79 Å². The maximum Gasteiger partial charge on any atom is 0.339 e. The maximum absolute atomic E-state index is 12.0. The molecule has 0 unspecified atom stereocenters. The summed E-state index contributed by atoms with van der Waals surface area (Å²) in [5.41, 5.74) is 2.30. The first kappa shape index (κ1) is 17.9. The molecular formula is C18H19NO4S. The van der Waals surface area contributed by atoms with Crippen LogP contribution in [-0.2, 0) is 20.0 Å². The zero-order chi connectivity index (χ0) is 17.4. The Morgan fingerprint density at radius 1 is 1.00 bits per heavy atom. The molecule has 0 atom stereocenters. The Balaban J connectivity index is 2.25. The fourth-order valence-corrected chi connectivity index (χ4v) is 3.18. The van der Waals surface area contributed by atoms with Gasteiger partial charge in [-0.2, -0.15) is 0 Å². The smallest absolute Gasteiger partial charge is 0.339 e. The number of rotatable bonds is 7. The van der Waals surface area contributed by atoms with E-state index in [4.69, 9.17) is 4.74 Å². The molecule has 126 valence electrons. The molecule has 2 rings (SSSR count). The summed E-state index contributed by atoms with van der Waals surface area (Å²) in [5.74, 6) is -0.0911. The molecule has 0 saturated heterocycles. The summed E-state index contributed by atoms with van der Waals surface area (Å²) in [4.78, 5) is 24.2. The second kappa shape index (κ2) is 8.98. The lowest BCUT2D eigenvalue weighted by atomic mass is 10.2. The molecule has 1 N–H and O–H groups in total. The molecule has 0 aromatic heterocycles. The summed E-state index contributed by atoms with van der Waals surface area (Å²) in [5, 5.41) is 3.02. The van der Waals surface area contributed by atoms with Crippen LogP contribution >= 0.6 is 11.8 Å². The first-order chi connectivity index (χ1) is 11.7. The molecule has 0 heterocycles. The van der Waals surface area contributed by atoms with Gasteiger partial charge in [-0.05, 0) is 17.7 Å². The zero-order valence-corrected chi connectivity index (χ0v) is 14.4. The van der Waals surface area contributed by atoms with Crippen LogP contribution in [-0.4, -0.2) is 32.7 Å². The summed E-state index contributed by atoms with van der Waals surface area (Å²) >= 11 is 1.51. The van der Waals surface area contributed by atoms with Crippen LogP contribution in [0.1, 0.15) is 15.9 Å². The number of carbonyl (C=O) groups is 2. The van der Waals surface area contributed by atoms with E-state index < -0.39 is 5.97 Å². The second-order valence-electron chi connectivity index (χ2n) is 4.88. The van der Waals surface area contributed by atoms with Gasteiger partial charge in [0.05, 0.1) is 19.8 Å². The van der Waals surface area contributed by atoms with Crippen LogP contribution in [0.25, 0.3) is 0 Å². The van der Waals surface area contributed by atoms with E-state index in [0.29, 0.717) is 17.0 Å². The minimum Gasteiger partial charge on any atom is -0.468 e. The van der Waals surface area contributed by atoms with E-state index in [1.54, 1.807) is 12.1 Å². The van der Waals surface area contributed by atoms with Crippen molar-refractivity contribution in [1.82, 2.24) is 0 Å². The lowest BCUT2D eigenvalue weighted by Gasteiger charge is -2.14. The van der Waals surface area contributed by atoms with Crippen molar-refractivity contribution in [1.29, 1.82) is 0 Å².